The van der Waals surface area contributed by atoms with Crippen LogP contribution in [0.1, 0.15) is 17.1 Å². The number of carbonyl (C=O) groups excluding carboxylic acids is 1. The maximum atomic E-state index is 12.1. The number of anilines is 1. The molecule has 0 saturated heterocycles. The van der Waals surface area contributed by atoms with Crippen LogP contribution in [0.5, 0.6) is 0 Å². The molecule has 0 saturated carbocycles. The smallest absolute Gasteiger partial charge is 0.248 e. The summed E-state index contributed by atoms with van der Waals surface area (Å²) in [5.74, 6) is 1.50. The van der Waals surface area contributed by atoms with Crippen LogP contribution in [-0.4, -0.2) is 11.0 Å². The van der Waals surface area contributed by atoms with Crippen LogP contribution in [0.15, 0.2) is 63.6 Å². The van der Waals surface area contributed by atoms with Gasteiger partial charge < -0.3 is 19.3 Å². The first-order valence-corrected chi connectivity index (χ1v) is 7.49. The van der Waals surface area contributed by atoms with Crippen molar-refractivity contribution < 1.29 is 18.7 Å². The highest BCUT2D eigenvalue weighted by Crippen LogP contribution is 2.27. The monoisotopic (exact) mass is 323 g/mol. The van der Waals surface area contributed by atoms with Gasteiger partial charge in [-0.2, -0.15) is 0 Å². The molecule has 2 aromatic heterocycles. The first-order valence-electron chi connectivity index (χ1n) is 7.49. The van der Waals surface area contributed by atoms with E-state index in [1.165, 1.54) is 6.08 Å². The average Bonchev–Trinajstić information content (AvgIpc) is 3.26. The minimum atomic E-state index is -0.248. The summed E-state index contributed by atoms with van der Waals surface area (Å²) in [6.07, 6.45) is 4.57. The predicted molar refractivity (Wildman–Crippen MR) is 91.2 cm³/mol. The molecule has 0 fully saturated rings. The van der Waals surface area contributed by atoms with Gasteiger partial charge in [0, 0.05) is 17.3 Å². The summed E-state index contributed by atoms with van der Waals surface area (Å²) in [6.45, 7) is 1.77. The minimum Gasteiger partial charge on any atom is -0.465 e. The molecule has 1 amide bonds. The molecule has 0 radical (unpaired) electrons. The standard InChI is InChI=1S/C19H17NO4/c1-13-4-5-14(18-8-6-16(12-21)24-18)11-17(13)20-19(22)9-7-15-3-2-10-23-15/h2-11,21H,12H2,1H3,(H,20,22)/b9-7+. The number of hydrogen-bond acceptors (Lipinski definition) is 4. The number of hydrogen-bond donors (Lipinski definition) is 2. The van der Waals surface area contributed by atoms with Crippen LogP contribution < -0.4 is 5.32 Å². The first-order chi connectivity index (χ1) is 11.7. The molecule has 0 spiro atoms. The molecule has 0 bridgehead atoms. The molecule has 0 aliphatic heterocycles. The highest BCUT2D eigenvalue weighted by molar-refractivity contribution is 6.02. The summed E-state index contributed by atoms with van der Waals surface area (Å²) in [6, 6.07) is 12.7. The van der Waals surface area contributed by atoms with E-state index >= 15 is 0 Å². The third kappa shape index (κ3) is 3.64. The Bertz CT molecular complexity index is 859. The molecule has 0 aliphatic rings. The number of rotatable bonds is 5. The van der Waals surface area contributed by atoms with Crippen molar-refractivity contribution in [3.8, 4) is 11.3 Å². The molecule has 1 aromatic carbocycles. The average molecular weight is 323 g/mol. The lowest BCUT2D eigenvalue weighted by atomic mass is 10.1. The van der Waals surface area contributed by atoms with Gasteiger partial charge in [-0.15, -0.1) is 0 Å². The Kier molecular flexibility index (Phi) is 4.63. The van der Waals surface area contributed by atoms with Gasteiger partial charge in [0.05, 0.1) is 6.26 Å². The molecule has 0 unspecified atom stereocenters. The van der Waals surface area contributed by atoms with Gasteiger partial charge in [-0.3, -0.25) is 4.79 Å². The molecule has 0 aliphatic carbocycles. The number of furan rings is 2. The largest absolute Gasteiger partial charge is 0.465 e. The van der Waals surface area contributed by atoms with Gasteiger partial charge >= 0.3 is 0 Å². The van der Waals surface area contributed by atoms with E-state index in [-0.39, 0.29) is 12.5 Å². The zero-order valence-corrected chi connectivity index (χ0v) is 13.2. The molecule has 0 atom stereocenters. The summed E-state index contributed by atoms with van der Waals surface area (Å²) >= 11 is 0. The Morgan fingerprint density at radius 3 is 2.83 bits per heavy atom. The molecule has 5 heteroatoms. The van der Waals surface area contributed by atoms with Crippen molar-refractivity contribution in [3.05, 3.63) is 71.9 Å². The fourth-order valence-electron chi connectivity index (χ4n) is 2.25. The predicted octanol–water partition coefficient (Wildman–Crippen LogP) is 3.99. The summed E-state index contributed by atoms with van der Waals surface area (Å²) < 4.78 is 10.7. The van der Waals surface area contributed by atoms with Gasteiger partial charge in [0.2, 0.25) is 5.91 Å². The molecule has 24 heavy (non-hydrogen) atoms. The zero-order chi connectivity index (χ0) is 16.9. The van der Waals surface area contributed by atoms with Crippen LogP contribution in [0.25, 0.3) is 17.4 Å². The summed E-state index contributed by atoms with van der Waals surface area (Å²) in [5, 5.41) is 11.9. The van der Waals surface area contributed by atoms with Gasteiger partial charge in [0.15, 0.2) is 0 Å². The Labute approximate surface area is 139 Å². The topological polar surface area (TPSA) is 75.6 Å². The van der Waals surface area contributed by atoms with E-state index in [2.05, 4.69) is 5.32 Å². The maximum absolute atomic E-state index is 12.1. The summed E-state index contributed by atoms with van der Waals surface area (Å²) in [7, 11) is 0. The highest BCUT2D eigenvalue weighted by atomic mass is 16.4. The molecule has 122 valence electrons. The lowest BCUT2D eigenvalue weighted by Gasteiger charge is -2.08. The van der Waals surface area contributed by atoms with Crippen molar-refractivity contribution in [2.75, 3.05) is 5.32 Å². The van der Waals surface area contributed by atoms with Crippen LogP contribution in [-0.2, 0) is 11.4 Å². The Hall–Kier alpha value is -3.05. The van der Waals surface area contributed by atoms with Crippen molar-refractivity contribution in [1.82, 2.24) is 0 Å². The van der Waals surface area contributed by atoms with Crippen molar-refractivity contribution in [3.63, 3.8) is 0 Å². The van der Waals surface area contributed by atoms with Crippen molar-refractivity contribution in [2.45, 2.75) is 13.5 Å². The molecular formula is C19H17NO4. The second kappa shape index (κ2) is 7.02. The SMILES string of the molecule is Cc1ccc(-c2ccc(CO)o2)cc1NC(=O)/C=C/c1ccco1. The number of nitrogens with one attached hydrogen (secondary N) is 1. The van der Waals surface area contributed by atoms with Gasteiger partial charge in [-0.25, -0.2) is 0 Å². The Balaban J connectivity index is 1.77. The summed E-state index contributed by atoms with van der Waals surface area (Å²) in [4.78, 5) is 12.1. The van der Waals surface area contributed by atoms with Gasteiger partial charge in [-0.05, 0) is 48.9 Å². The number of aryl methyl sites for hydroxylation is 1. The van der Waals surface area contributed by atoms with E-state index in [9.17, 15) is 4.79 Å². The second-order valence-corrected chi connectivity index (χ2v) is 5.29. The van der Waals surface area contributed by atoms with Crippen molar-refractivity contribution in [1.29, 1.82) is 0 Å². The Morgan fingerprint density at radius 2 is 2.12 bits per heavy atom. The third-order valence-electron chi connectivity index (χ3n) is 3.54. The quantitative estimate of drug-likeness (QED) is 0.696. The van der Waals surface area contributed by atoms with Crippen LogP contribution in [0, 0.1) is 6.92 Å². The molecule has 2 heterocycles. The minimum absolute atomic E-state index is 0.146. The number of carbonyl (C=O) groups is 1. The van der Waals surface area contributed by atoms with Crippen LogP contribution in [0.2, 0.25) is 0 Å². The van der Waals surface area contributed by atoms with E-state index in [0.717, 1.165) is 11.1 Å². The van der Waals surface area contributed by atoms with Crippen molar-refractivity contribution in [2.24, 2.45) is 0 Å². The van der Waals surface area contributed by atoms with E-state index in [4.69, 9.17) is 13.9 Å². The number of amides is 1. The number of aliphatic hydroxyl groups excluding tert-OH is 1. The highest BCUT2D eigenvalue weighted by Gasteiger charge is 2.08. The fourth-order valence-corrected chi connectivity index (χ4v) is 2.25. The third-order valence-corrected chi connectivity index (χ3v) is 3.54. The van der Waals surface area contributed by atoms with E-state index in [1.807, 2.05) is 25.1 Å². The van der Waals surface area contributed by atoms with Crippen LogP contribution >= 0.6 is 0 Å². The second-order valence-electron chi connectivity index (χ2n) is 5.29. The molecule has 5 nitrogen and oxygen atoms in total. The fraction of sp³-hybridized carbons (Fsp3) is 0.105. The summed E-state index contributed by atoms with van der Waals surface area (Å²) in [5.41, 5.74) is 2.46. The van der Waals surface area contributed by atoms with Crippen LogP contribution in [0.4, 0.5) is 5.69 Å². The molecular weight excluding hydrogens is 306 g/mol. The molecule has 3 aromatic rings. The van der Waals surface area contributed by atoms with Gasteiger partial charge in [0.1, 0.15) is 23.9 Å². The number of aliphatic hydroxyl groups is 1. The van der Waals surface area contributed by atoms with E-state index < -0.39 is 0 Å². The normalized spacial score (nSPS) is 11.1. The van der Waals surface area contributed by atoms with Gasteiger partial charge in [0.25, 0.3) is 0 Å². The lowest BCUT2D eigenvalue weighted by Crippen LogP contribution is -2.09. The zero-order valence-electron chi connectivity index (χ0n) is 13.2. The van der Waals surface area contributed by atoms with Crippen LogP contribution in [0.3, 0.4) is 0 Å². The van der Waals surface area contributed by atoms with E-state index in [1.54, 1.807) is 36.6 Å². The maximum Gasteiger partial charge on any atom is 0.248 e. The van der Waals surface area contributed by atoms with Crippen molar-refractivity contribution >= 4 is 17.7 Å². The number of benzene rings is 1. The lowest BCUT2D eigenvalue weighted by molar-refractivity contribution is -0.111. The molecule has 2 N–H and O–H groups in total. The Morgan fingerprint density at radius 1 is 1.25 bits per heavy atom. The first kappa shape index (κ1) is 15.8. The molecule has 3 rings (SSSR count). The van der Waals surface area contributed by atoms with Gasteiger partial charge in [-0.1, -0.05) is 12.1 Å². The van der Waals surface area contributed by atoms with E-state index in [0.29, 0.717) is 23.0 Å².